The van der Waals surface area contributed by atoms with Crippen LogP contribution in [-0.2, 0) is 6.54 Å². The highest BCUT2D eigenvalue weighted by atomic mass is 79.9. The Bertz CT molecular complexity index is 754. The van der Waals surface area contributed by atoms with Crippen molar-refractivity contribution in [2.45, 2.75) is 19.9 Å². The first-order valence-corrected chi connectivity index (χ1v) is 7.69. The summed E-state index contributed by atoms with van der Waals surface area (Å²) in [6.45, 7) is 3.59. The number of aryl methyl sites for hydroxylation is 2. The molecule has 21 heavy (non-hydrogen) atoms. The average Bonchev–Trinajstić information content (AvgIpc) is 2.91. The minimum absolute atomic E-state index is 0.669. The van der Waals surface area contributed by atoms with E-state index in [1.54, 1.807) is 6.20 Å². The van der Waals surface area contributed by atoms with Crippen molar-refractivity contribution in [2.75, 3.05) is 6.61 Å². The number of benzene rings is 1. The molecule has 0 amide bonds. The molecule has 1 aromatic carbocycles. The van der Waals surface area contributed by atoms with Gasteiger partial charge in [0.05, 0.1) is 16.6 Å². The zero-order chi connectivity index (χ0) is 14.7. The van der Waals surface area contributed by atoms with Crippen LogP contribution in [0.25, 0.3) is 10.9 Å². The molecule has 3 aromatic rings. The molecule has 0 saturated heterocycles. The molecular weight excluding hydrogens is 330 g/mol. The molecule has 0 radical (unpaired) electrons. The summed E-state index contributed by atoms with van der Waals surface area (Å²) in [7, 11) is 0. The smallest absolute Gasteiger partial charge is 0.134 e. The molecule has 0 aliphatic rings. The summed E-state index contributed by atoms with van der Waals surface area (Å²) in [4.78, 5) is 8.54. The second kappa shape index (κ2) is 6.26. The van der Waals surface area contributed by atoms with Crippen molar-refractivity contribution < 1.29 is 4.74 Å². The second-order valence-corrected chi connectivity index (χ2v) is 5.61. The third-order valence-corrected chi connectivity index (χ3v) is 4.23. The number of nitrogens with zero attached hydrogens (tertiary/aromatic N) is 3. The lowest BCUT2D eigenvalue weighted by Crippen LogP contribution is -2.05. The monoisotopic (exact) mass is 345 g/mol. The molecule has 0 bridgehead atoms. The molecule has 0 atom stereocenters. The number of fused-ring (bicyclic) bond motifs is 1. The molecule has 108 valence electrons. The average molecular weight is 346 g/mol. The van der Waals surface area contributed by atoms with Gasteiger partial charge < -0.3 is 9.30 Å². The Morgan fingerprint density at radius 2 is 2.10 bits per heavy atom. The highest BCUT2D eigenvalue weighted by Gasteiger charge is 2.06. The van der Waals surface area contributed by atoms with Crippen molar-refractivity contribution >= 4 is 26.8 Å². The first-order chi connectivity index (χ1) is 10.3. The topological polar surface area (TPSA) is 39.9 Å². The molecule has 2 heterocycles. The fourth-order valence-electron chi connectivity index (χ4n) is 2.26. The van der Waals surface area contributed by atoms with Crippen molar-refractivity contribution in [3.63, 3.8) is 0 Å². The van der Waals surface area contributed by atoms with Crippen LogP contribution in [-0.4, -0.2) is 21.1 Å². The Kier molecular flexibility index (Phi) is 4.20. The molecule has 5 heteroatoms. The van der Waals surface area contributed by atoms with Crippen LogP contribution in [0.5, 0.6) is 5.75 Å². The number of hydrogen-bond donors (Lipinski definition) is 0. The molecule has 0 N–H and O–H groups in total. The summed E-state index contributed by atoms with van der Waals surface area (Å²) < 4.78 is 8.97. The largest absolute Gasteiger partial charge is 0.492 e. The van der Waals surface area contributed by atoms with Gasteiger partial charge in [0.1, 0.15) is 11.6 Å². The van der Waals surface area contributed by atoms with Crippen molar-refractivity contribution in [3.8, 4) is 5.75 Å². The summed E-state index contributed by atoms with van der Waals surface area (Å²) in [6, 6.07) is 7.91. The number of ether oxygens (including phenoxy) is 1. The minimum Gasteiger partial charge on any atom is -0.492 e. The molecule has 0 aliphatic heterocycles. The molecule has 0 fully saturated rings. The van der Waals surface area contributed by atoms with E-state index in [9.17, 15) is 0 Å². The number of rotatable bonds is 5. The SMILES string of the molecule is Cc1nccn1CCCOc1ccc2ncccc2c1Br. The third-order valence-electron chi connectivity index (χ3n) is 3.41. The van der Waals surface area contributed by atoms with Gasteiger partial charge in [-0.15, -0.1) is 0 Å². The van der Waals surface area contributed by atoms with Gasteiger partial charge in [-0.05, 0) is 47.5 Å². The maximum atomic E-state index is 5.87. The van der Waals surface area contributed by atoms with Crippen molar-refractivity contribution in [3.05, 3.63) is 53.2 Å². The molecule has 0 spiro atoms. The number of imidazole rings is 1. The van der Waals surface area contributed by atoms with Crippen LogP contribution in [0.2, 0.25) is 0 Å². The van der Waals surface area contributed by atoms with E-state index in [1.165, 1.54) is 0 Å². The summed E-state index contributed by atoms with van der Waals surface area (Å²) in [5, 5.41) is 1.07. The van der Waals surface area contributed by atoms with Gasteiger partial charge in [-0.1, -0.05) is 6.07 Å². The fourth-order valence-corrected chi connectivity index (χ4v) is 2.85. The van der Waals surface area contributed by atoms with E-state index in [1.807, 2.05) is 43.6 Å². The van der Waals surface area contributed by atoms with Crippen LogP contribution in [0.15, 0.2) is 47.3 Å². The van der Waals surface area contributed by atoms with Crippen LogP contribution >= 0.6 is 15.9 Å². The Hall–Kier alpha value is -1.88. The molecule has 0 aliphatic carbocycles. The zero-order valence-corrected chi connectivity index (χ0v) is 13.4. The van der Waals surface area contributed by atoms with Crippen LogP contribution in [0.1, 0.15) is 12.2 Å². The van der Waals surface area contributed by atoms with Crippen molar-refractivity contribution in [2.24, 2.45) is 0 Å². The lowest BCUT2D eigenvalue weighted by atomic mass is 10.2. The van der Waals surface area contributed by atoms with E-state index in [-0.39, 0.29) is 0 Å². The van der Waals surface area contributed by atoms with E-state index in [2.05, 4.69) is 30.5 Å². The first-order valence-electron chi connectivity index (χ1n) is 6.89. The van der Waals surface area contributed by atoms with E-state index in [0.717, 1.165) is 39.9 Å². The third kappa shape index (κ3) is 3.08. The lowest BCUT2D eigenvalue weighted by Gasteiger charge is -2.10. The predicted octanol–water partition coefficient (Wildman–Crippen LogP) is 3.97. The van der Waals surface area contributed by atoms with Gasteiger partial charge in [-0.2, -0.15) is 0 Å². The summed E-state index contributed by atoms with van der Waals surface area (Å²) in [5.41, 5.74) is 0.964. The highest BCUT2D eigenvalue weighted by Crippen LogP contribution is 2.32. The Balaban J connectivity index is 1.63. The molecule has 0 unspecified atom stereocenters. The van der Waals surface area contributed by atoms with Gasteiger partial charge in [-0.25, -0.2) is 4.98 Å². The predicted molar refractivity (Wildman–Crippen MR) is 86.5 cm³/mol. The summed E-state index contributed by atoms with van der Waals surface area (Å²) >= 11 is 3.60. The lowest BCUT2D eigenvalue weighted by molar-refractivity contribution is 0.300. The Morgan fingerprint density at radius 3 is 2.90 bits per heavy atom. The van der Waals surface area contributed by atoms with Gasteiger partial charge in [0.2, 0.25) is 0 Å². The molecule has 0 saturated carbocycles. The van der Waals surface area contributed by atoms with Gasteiger partial charge in [0.15, 0.2) is 0 Å². The molecule has 4 nitrogen and oxygen atoms in total. The van der Waals surface area contributed by atoms with Crippen molar-refractivity contribution in [1.82, 2.24) is 14.5 Å². The maximum Gasteiger partial charge on any atom is 0.134 e. The molecule has 3 rings (SSSR count). The van der Waals surface area contributed by atoms with Gasteiger partial charge >= 0.3 is 0 Å². The maximum absolute atomic E-state index is 5.87. The standard InChI is InChI=1S/C16H16BrN3O/c1-12-18-8-10-20(12)9-3-11-21-15-6-5-14-13(16(15)17)4-2-7-19-14/h2,4-8,10H,3,9,11H2,1H3. The van der Waals surface area contributed by atoms with Crippen molar-refractivity contribution in [1.29, 1.82) is 0 Å². The van der Waals surface area contributed by atoms with Crippen LogP contribution < -0.4 is 4.74 Å². The first kappa shape index (κ1) is 14.1. The molecule has 2 aromatic heterocycles. The van der Waals surface area contributed by atoms with Crippen LogP contribution in [0, 0.1) is 6.92 Å². The molecular formula is C16H16BrN3O. The second-order valence-electron chi connectivity index (χ2n) is 4.82. The fraction of sp³-hybridized carbons (Fsp3) is 0.250. The van der Waals surface area contributed by atoms with Gasteiger partial charge in [-0.3, -0.25) is 4.98 Å². The zero-order valence-electron chi connectivity index (χ0n) is 11.8. The van der Waals surface area contributed by atoms with E-state index in [4.69, 9.17) is 4.74 Å². The number of pyridine rings is 1. The van der Waals surface area contributed by atoms with E-state index in [0.29, 0.717) is 6.61 Å². The minimum atomic E-state index is 0.669. The summed E-state index contributed by atoms with van der Waals surface area (Å²) in [5.74, 6) is 1.89. The van der Waals surface area contributed by atoms with E-state index >= 15 is 0 Å². The van der Waals surface area contributed by atoms with Crippen LogP contribution in [0.4, 0.5) is 0 Å². The Labute approximate surface area is 131 Å². The number of aromatic nitrogens is 3. The number of hydrogen-bond acceptors (Lipinski definition) is 3. The number of halogens is 1. The normalized spacial score (nSPS) is 11.0. The van der Waals surface area contributed by atoms with Crippen LogP contribution in [0.3, 0.4) is 0 Å². The Morgan fingerprint density at radius 1 is 1.19 bits per heavy atom. The van der Waals surface area contributed by atoms with E-state index < -0.39 is 0 Å². The van der Waals surface area contributed by atoms with Gasteiger partial charge in [0, 0.05) is 30.5 Å². The van der Waals surface area contributed by atoms with Gasteiger partial charge in [0.25, 0.3) is 0 Å². The highest BCUT2D eigenvalue weighted by molar-refractivity contribution is 9.10. The quantitative estimate of drug-likeness (QED) is 0.657. The summed E-state index contributed by atoms with van der Waals surface area (Å²) in [6.07, 6.45) is 6.55.